The summed E-state index contributed by atoms with van der Waals surface area (Å²) in [7, 11) is 0. The molecule has 0 spiro atoms. The van der Waals surface area contributed by atoms with Crippen molar-refractivity contribution in [3.05, 3.63) is 58.6 Å². The molecule has 0 amide bonds. The van der Waals surface area contributed by atoms with E-state index in [1.54, 1.807) is 11.3 Å². The van der Waals surface area contributed by atoms with Gasteiger partial charge in [0.1, 0.15) is 5.01 Å². The fraction of sp³-hybridized carbons (Fsp3) is 0.176. The number of aromatic nitrogens is 2. The van der Waals surface area contributed by atoms with E-state index in [1.165, 1.54) is 21.6 Å². The van der Waals surface area contributed by atoms with Gasteiger partial charge in [-0.15, -0.1) is 11.3 Å². The number of nitrogens with zero attached hydrogens (tertiary/aromatic N) is 2. The van der Waals surface area contributed by atoms with Crippen LogP contribution in [0.2, 0.25) is 0 Å². The number of benzene rings is 1. The number of thiazole rings is 1. The molecule has 20 heavy (non-hydrogen) atoms. The number of hydrogen-bond donors (Lipinski definition) is 0. The molecule has 3 aromatic rings. The van der Waals surface area contributed by atoms with Gasteiger partial charge < -0.3 is 0 Å². The first-order valence-corrected chi connectivity index (χ1v) is 7.43. The molecule has 0 saturated carbocycles. The molecule has 0 aliphatic rings. The second kappa shape index (κ2) is 5.17. The van der Waals surface area contributed by atoms with E-state index in [0.717, 1.165) is 16.4 Å². The summed E-state index contributed by atoms with van der Waals surface area (Å²) in [5.74, 6) is 0. The molecule has 0 aliphatic heterocycles. The highest BCUT2D eigenvalue weighted by Crippen LogP contribution is 2.34. The van der Waals surface area contributed by atoms with E-state index < -0.39 is 0 Å². The molecular weight excluding hydrogens is 264 g/mol. The van der Waals surface area contributed by atoms with Crippen LogP contribution in [-0.4, -0.2) is 9.97 Å². The average Bonchev–Trinajstić information content (AvgIpc) is 2.84. The van der Waals surface area contributed by atoms with Crippen LogP contribution in [0, 0.1) is 20.8 Å². The van der Waals surface area contributed by atoms with Gasteiger partial charge >= 0.3 is 0 Å². The maximum absolute atomic E-state index is 4.81. The molecule has 100 valence electrons. The molecule has 0 bridgehead atoms. The SMILES string of the molecule is Cc1ccc(C)c(-c2nc(-c3ccccn3)sc2C)c1. The van der Waals surface area contributed by atoms with E-state index in [1.807, 2.05) is 24.4 Å². The smallest absolute Gasteiger partial charge is 0.142 e. The number of rotatable bonds is 2. The molecule has 3 rings (SSSR count). The Labute approximate surface area is 123 Å². The highest BCUT2D eigenvalue weighted by atomic mass is 32.1. The van der Waals surface area contributed by atoms with Crippen LogP contribution in [0.25, 0.3) is 22.0 Å². The normalized spacial score (nSPS) is 10.8. The van der Waals surface area contributed by atoms with Crippen LogP contribution >= 0.6 is 11.3 Å². The van der Waals surface area contributed by atoms with Crippen molar-refractivity contribution in [2.75, 3.05) is 0 Å². The Hall–Kier alpha value is -2.00. The van der Waals surface area contributed by atoms with Crippen LogP contribution in [0.3, 0.4) is 0 Å². The molecule has 0 unspecified atom stereocenters. The maximum Gasteiger partial charge on any atom is 0.142 e. The summed E-state index contributed by atoms with van der Waals surface area (Å²) in [6.07, 6.45) is 1.81. The standard InChI is InChI=1S/C17H16N2S/c1-11-7-8-12(2)14(10-11)16-13(3)20-17(19-16)15-6-4-5-9-18-15/h4-10H,1-3H3. The molecule has 0 fully saturated rings. The van der Waals surface area contributed by atoms with Crippen LogP contribution in [0.1, 0.15) is 16.0 Å². The lowest BCUT2D eigenvalue weighted by atomic mass is 10.0. The highest BCUT2D eigenvalue weighted by Gasteiger charge is 2.13. The first-order valence-electron chi connectivity index (χ1n) is 6.61. The van der Waals surface area contributed by atoms with Gasteiger partial charge in [-0.05, 0) is 44.5 Å². The average molecular weight is 280 g/mol. The minimum atomic E-state index is 0.942. The van der Waals surface area contributed by atoms with Crippen molar-refractivity contribution in [1.29, 1.82) is 0 Å². The third-order valence-electron chi connectivity index (χ3n) is 3.33. The molecule has 0 atom stereocenters. The maximum atomic E-state index is 4.81. The monoisotopic (exact) mass is 280 g/mol. The second-order valence-corrected chi connectivity index (χ2v) is 6.16. The molecule has 0 N–H and O–H groups in total. The number of aryl methyl sites for hydroxylation is 3. The Morgan fingerprint density at radius 2 is 1.85 bits per heavy atom. The molecule has 0 aliphatic carbocycles. The topological polar surface area (TPSA) is 25.8 Å². The van der Waals surface area contributed by atoms with E-state index in [-0.39, 0.29) is 0 Å². The quantitative estimate of drug-likeness (QED) is 0.674. The van der Waals surface area contributed by atoms with Crippen molar-refractivity contribution in [2.45, 2.75) is 20.8 Å². The van der Waals surface area contributed by atoms with Gasteiger partial charge in [-0.25, -0.2) is 4.98 Å². The van der Waals surface area contributed by atoms with Gasteiger partial charge in [0.15, 0.2) is 0 Å². The van der Waals surface area contributed by atoms with Crippen molar-refractivity contribution in [1.82, 2.24) is 9.97 Å². The number of pyridine rings is 1. The van der Waals surface area contributed by atoms with Crippen molar-refractivity contribution in [3.8, 4) is 22.0 Å². The zero-order valence-corrected chi connectivity index (χ0v) is 12.7. The summed E-state index contributed by atoms with van der Waals surface area (Å²) in [6.45, 7) is 6.37. The van der Waals surface area contributed by atoms with Gasteiger partial charge in [-0.1, -0.05) is 23.8 Å². The third kappa shape index (κ3) is 2.37. The minimum absolute atomic E-state index is 0.942. The van der Waals surface area contributed by atoms with Gasteiger partial charge in [0.2, 0.25) is 0 Å². The Kier molecular flexibility index (Phi) is 3.36. The highest BCUT2D eigenvalue weighted by molar-refractivity contribution is 7.15. The fourth-order valence-corrected chi connectivity index (χ4v) is 3.14. The largest absolute Gasteiger partial charge is 0.254 e. The van der Waals surface area contributed by atoms with E-state index >= 15 is 0 Å². The molecule has 0 saturated heterocycles. The lowest BCUT2D eigenvalue weighted by Gasteiger charge is -2.05. The van der Waals surface area contributed by atoms with Crippen molar-refractivity contribution >= 4 is 11.3 Å². The van der Waals surface area contributed by atoms with E-state index in [4.69, 9.17) is 4.98 Å². The van der Waals surface area contributed by atoms with E-state index in [0.29, 0.717) is 0 Å². The first-order chi connectivity index (χ1) is 9.65. The summed E-state index contributed by atoms with van der Waals surface area (Å²) in [6, 6.07) is 12.4. The van der Waals surface area contributed by atoms with Gasteiger partial charge in [0.25, 0.3) is 0 Å². The molecule has 2 nitrogen and oxygen atoms in total. The van der Waals surface area contributed by atoms with E-state index in [9.17, 15) is 0 Å². The van der Waals surface area contributed by atoms with Crippen LogP contribution in [0.4, 0.5) is 0 Å². The predicted molar refractivity (Wildman–Crippen MR) is 85.0 cm³/mol. The van der Waals surface area contributed by atoms with Crippen LogP contribution in [0.15, 0.2) is 42.6 Å². The second-order valence-electron chi connectivity index (χ2n) is 4.96. The van der Waals surface area contributed by atoms with Gasteiger partial charge in [-0.2, -0.15) is 0 Å². The van der Waals surface area contributed by atoms with Crippen molar-refractivity contribution in [2.24, 2.45) is 0 Å². The predicted octanol–water partition coefficient (Wildman–Crippen LogP) is 4.80. The lowest BCUT2D eigenvalue weighted by Crippen LogP contribution is -1.87. The van der Waals surface area contributed by atoms with Gasteiger partial charge in [-0.3, -0.25) is 4.98 Å². The molecule has 3 heteroatoms. The molecule has 2 aromatic heterocycles. The van der Waals surface area contributed by atoms with Crippen LogP contribution in [-0.2, 0) is 0 Å². The summed E-state index contributed by atoms with van der Waals surface area (Å²) >= 11 is 1.70. The zero-order chi connectivity index (χ0) is 14.1. The Bertz CT molecular complexity index is 745. The third-order valence-corrected chi connectivity index (χ3v) is 4.32. The van der Waals surface area contributed by atoms with Crippen LogP contribution in [0.5, 0.6) is 0 Å². The van der Waals surface area contributed by atoms with Crippen molar-refractivity contribution in [3.63, 3.8) is 0 Å². The fourth-order valence-electron chi connectivity index (χ4n) is 2.24. The zero-order valence-electron chi connectivity index (χ0n) is 11.8. The molecular formula is C17H16N2S. The lowest BCUT2D eigenvalue weighted by molar-refractivity contribution is 1.28. The van der Waals surface area contributed by atoms with Gasteiger partial charge in [0, 0.05) is 16.6 Å². The Morgan fingerprint density at radius 3 is 2.60 bits per heavy atom. The molecule has 0 radical (unpaired) electrons. The minimum Gasteiger partial charge on any atom is -0.254 e. The van der Waals surface area contributed by atoms with E-state index in [2.05, 4.69) is 44.0 Å². The summed E-state index contributed by atoms with van der Waals surface area (Å²) in [5, 5.41) is 0.985. The Balaban J connectivity index is 2.12. The molecule has 1 aromatic carbocycles. The number of hydrogen-bond acceptors (Lipinski definition) is 3. The summed E-state index contributed by atoms with van der Waals surface area (Å²) in [4.78, 5) is 10.4. The molecule has 2 heterocycles. The first kappa shape index (κ1) is 13.0. The Morgan fingerprint density at radius 1 is 1.00 bits per heavy atom. The van der Waals surface area contributed by atoms with Crippen LogP contribution < -0.4 is 0 Å². The van der Waals surface area contributed by atoms with Crippen molar-refractivity contribution < 1.29 is 0 Å². The van der Waals surface area contributed by atoms with Gasteiger partial charge in [0.05, 0.1) is 11.4 Å². The summed E-state index contributed by atoms with van der Waals surface area (Å²) in [5.41, 5.74) is 5.77. The summed E-state index contributed by atoms with van der Waals surface area (Å²) < 4.78 is 0.